The van der Waals surface area contributed by atoms with Crippen LogP contribution in [0.5, 0.6) is 0 Å². The van der Waals surface area contributed by atoms with Crippen molar-refractivity contribution in [2.75, 3.05) is 37.8 Å². The molecule has 1 aromatic rings. The van der Waals surface area contributed by atoms with Crippen LogP contribution >= 0.6 is 11.6 Å². The predicted molar refractivity (Wildman–Crippen MR) is 85.6 cm³/mol. The lowest BCUT2D eigenvalue weighted by molar-refractivity contribution is -0.127. The van der Waals surface area contributed by atoms with Crippen molar-refractivity contribution in [3.05, 3.63) is 22.7 Å². The summed E-state index contributed by atoms with van der Waals surface area (Å²) in [5.74, 6) is -0.718. The average Bonchev–Trinajstić information content (AvgIpc) is 2.37. The molecule has 0 aliphatic carbocycles. The van der Waals surface area contributed by atoms with Crippen LogP contribution in [0, 0.1) is 0 Å². The van der Waals surface area contributed by atoms with Crippen molar-refractivity contribution in [2.24, 2.45) is 5.73 Å². The van der Waals surface area contributed by atoms with Crippen LogP contribution in [0.1, 0.15) is 23.7 Å². The van der Waals surface area contributed by atoms with Gasteiger partial charge in [0.05, 0.1) is 22.8 Å². The predicted octanol–water partition coefficient (Wildman–Crippen LogP) is 1.33. The minimum absolute atomic E-state index is 0.0910. The second-order valence-corrected chi connectivity index (χ2v) is 5.38. The molecule has 0 atom stereocenters. The summed E-state index contributed by atoms with van der Waals surface area (Å²) in [5.41, 5.74) is 12.1. The first-order valence-corrected chi connectivity index (χ1v) is 6.99. The van der Waals surface area contributed by atoms with E-state index in [-0.39, 0.29) is 18.0 Å². The van der Waals surface area contributed by atoms with Crippen LogP contribution in [0.25, 0.3) is 0 Å². The van der Waals surface area contributed by atoms with E-state index in [1.807, 2.05) is 6.92 Å². The first-order valence-electron chi connectivity index (χ1n) is 6.61. The third kappa shape index (κ3) is 4.26. The van der Waals surface area contributed by atoms with Crippen molar-refractivity contribution in [2.45, 2.75) is 13.3 Å². The number of nitrogens with two attached hydrogens (primary N) is 2. The van der Waals surface area contributed by atoms with Gasteiger partial charge in [-0.1, -0.05) is 18.5 Å². The first kappa shape index (κ1) is 17.1. The number of amides is 2. The summed E-state index contributed by atoms with van der Waals surface area (Å²) < 4.78 is 0. The zero-order valence-corrected chi connectivity index (χ0v) is 13.3. The molecule has 4 N–H and O–H groups in total. The molecule has 7 heteroatoms. The maximum atomic E-state index is 12.0. The fraction of sp³-hybridized carbons (Fsp3) is 0.429. The molecule has 116 valence electrons. The number of carbonyl (C=O) groups is 2. The average molecular weight is 313 g/mol. The SMILES string of the molecule is CCCN(CC(=O)N(C)C)c1c(Cl)cc(N)cc1C(N)=O. The van der Waals surface area contributed by atoms with Crippen molar-refractivity contribution >= 4 is 34.8 Å². The van der Waals surface area contributed by atoms with Crippen LogP contribution in [0.15, 0.2) is 12.1 Å². The van der Waals surface area contributed by atoms with Gasteiger partial charge in [0.1, 0.15) is 0 Å². The molecule has 0 saturated carbocycles. The van der Waals surface area contributed by atoms with Gasteiger partial charge in [-0.3, -0.25) is 9.59 Å². The van der Waals surface area contributed by atoms with E-state index in [1.165, 1.54) is 11.0 Å². The minimum Gasteiger partial charge on any atom is -0.399 e. The van der Waals surface area contributed by atoms with Gasteiger partial charge in [-0.25, -0.2) is 0 Å². The zero-order chi connectivity index (χ0) is 16.2. The summed E-state index contributed by atoms with van der Waals surface area (Å²) >= 11 is 6.22. The lowest BCUT2D eigenvalue weighted by Crippen LogP contribution is -2.38. The number of benzene rings is 1. The van der Waals surface area contributed by atoms with Gasteiger partial charge in [-0.15, -0.1) is 0 Å². The Morgan fingerprint density at radius 1 is 1.29 bits per heavy atom. The molecule has 0 spiro atoms. The normalized spacial score (nSPS) is 10.3. The summed E-state index contributed by atoms with van der Waals surface area (Å²) in [6, 6.07) is 3.03. The molecule has 0 aliphatic heterocycles. The minimum atomic E-state index is -0.627. The molecule has 2 amide bonds. The molecule has 21 heavy (non-hydrogen) atoms. The number of nitrogens with zero attached hydrogens (tertiary/aromatic N) is 2. The number of halogens is 1. The number of hydrogen-bond acceptors (Lipinski definition) is 4. The van der Waals surface area contributed by atoms with Gasteiger partial charge in [0, 0.05) is 26.3 Å². The highest BCUT2D eigenvalue weighted by molar-refractivity contribution is 6.34. The Bertz CT molecular complexity index is 546. The number of rotatable bonds is 6. The van der Waals surface area contributed by atoms with Crippen LogP contribution in [0.4, 0.5) is 11.4 Å². The molecule has 0 radical (unpaired) electrons. The third-order valence-corrected chi connectivity index (χ3v) is 3.27. The molecule has 0 unspecified atom stereocenters. The van der Waals surface area contributed by atoms with Gasteiger partial charge in [0.15, 0.2) is 0 Å². The van der Waals surface area contributed by atoms with Crippen LogP contribution in [0.3, 0.4) is 0 Å². The maximum Gasteiger partial charge on any atom is 0.250 e. The van der Waals surface area contributed by atoms with E-state index in [9.17, 15) is 9.59 Å². The van der Waals surface area contributed by atoms with Crippen LogP contribution in [0.2, 0.25) is 5.02 Å². The number of carbonyl (C=O) groups excluding carboxylic acids is 2. The molecule has 1 aromatic carbocycles. The largest absolute Gasteiger partial charge is 0.399 e. The third-order valence-electron chi connectivity index (χ3n) is 2.99. The van der Waals surface area contributed by atoms with E-state index < -0.39 is 5.91 Å². The Kier molecular flexibility index (Phi) is 5.84. The van der Waals surface area contributed by atoms with E-state index >= 15 is 0 Å². The lowest BCUT2D eigenvalue weighted by atomic mass is 10.1. The summed E-state index contributed by atoms with van der Waals surface area (Å²) in [6.45, 7) is 2.66. The molecular weight excluding hydrogens is 292 g/mol. The van der Waals surface area contributed by atoms with Crippen molar-refractivity contribution in [1.82, 2.24) is 4.90 Å². The van der Waals surface area contributed by atoms with E-state index in [4.69, 9.17) is 23.1 Å². The van der Waals surface area contributed by atoms with Gasteiger partial charge < -0.3 is 21.3 Å². The Labute approximate surface area is 129 Å². The number of anilines is 2. The Balaban J connectivity index is 3.30. The Morgan fingerprint density at radius 2 is 1.90 bits per heavy atom. The van der Waals surface area contributed by atoms with E-state index in [1.54, 1.807) is 25.1 Å². The van der Waals surface area contributed by atoms with Crippen molar-refractivity contribution in [1.29, 1.82) is 0 Å². The second-order valence-electron chi connectivity index (χ2n) is 4.97. The highest BCUT2D eigenvalue weighted by atomic mass is 35.5. The van der Waals surface area contributed by atoms with Crippen LogP contribution in [-0.4, -0.2) is 43.9 Å². The molecule has 1 rings (SSSR count). The summed E-state index contributed by atoms with van der Waals surface area (Å²) in [6.07, 6.45) is 0.791. The molecule has 6 nitrogen and oxygen atoms in total. The molecule has 0 bridgehead atoms. The van der Waals surface area contributed by atoms with Gasteiger partial charge in [-0.2, -0.15) is 0 Å². The van der Waals surface area contributed by atoms with E-state index in [0.717, 1.165) is 6.42 Å². The number of nitrogen functional groups attached to an aromatic ring is 1. The van der Waals surface area contributed by atoms with Crippen molar-refractivity contribution < 1.29 is 9.59 Å². The van der Waals surface area contributed by atoms with Gasteiger partial charge >= 0.3 is 0 Å². The smallest absolute Gasteiger partial charge is 0.250 e. The molecule has 0 aliphatic rings. The zero-order valence-electron chi connectivity index (χ0n) is 12.5. The van der Waals surface area contributed by atoms with E-state index in [2.05, 4.69) is 0 Å². The molecule has 0 fully saturated rings. The topological polar surface area (TPSA) is 92.7 Å². The fourth-order valence-electron chi connectivity index (χ4n) is 1.97. The fourth-order valence-corrected chi connectivity index (χ4v) is 2.32. The standard InChI is InChI=1S/C14H21ClN4O2/c1-4-5-19(8-12(20)18(2)3)13-10(14(17)21)6-9(16)7-11(13)15/h6-7H,4-5,8,16H2,1-3H3,(H2,17,21). The van der Waals surface area contributed by atoms with Gasteiger partial charge in [0.2, 0.25) is 5.91 Å². The van der Waals surface area contributed by atoms with Crippen molar-refractivity contribution in [3.8, 4) is 0 Å². The van der Waals surface area contributed by atoms with Crippen LogP contribution < -0.4 is 16.4 Å². The van der Waals surface area contributed by atoms with Crippen molar-refractivity contribution in [3.63, 3.8) is 0 Å². The molecule has 0 heterocycles. The number of likely N-dealkylation sites (N-methyl/N-ethyl adjacent to an activating group) is 1. The molecule has 0 saturated heterocycles. The van der Waals surface area contributed by atoms with Gasteiger partial charge in [0.25, 0.3) is 5.91 Å². The highest BCUT2D eigenvalue weighted by Crippen LogP contribution is 2.32. The molecular formula is C14H21ClN4O2. The van der Waals surface area contributed by atoms with Gasteiger partial charge in [-0.05, 0) is 18.6 Å². The highest BCUT2D eigenvalue weighted by Gasteiger charge is 2.21. The lowest BCUT2D eigenvalue weighted by Gasteiger charge is -2.28. The van der Waals surface area contributed by atoms with Crippen LogP contribution in [-0.2, 0) is 4.79 Å². The summed E-state index contributed by atoms with van der Waals surface area (Å²) in [4.78, 5) is 26.8. The first-order chi connectivity index (χ1) is 9.77. The molecule has 0 aromatic heterocycles. The second kappa shape index (κ2) is 7.17. The Hall–Kier alpha value is -1.95. The quantitative estimate of drug-likeness (QED) is 0.775. The monoisotopic (exact) mass is 312 g/mol. The number of hydrogen-bond donors (Lipinski definition) is 2. The maximum absolute atomic E-state index is 12.0. The summed E-state index contributed by atoms with van der Waals surface area (Å²) in [5, 5.41) is 0.309. The number of primary amides is 1. The van der Waals surface area contributed by atoms with E-state index in [0.29, 0.717) is 22.9 Å². The Morgan fingerprint density at radius 3 is 2.38 bits per heavy atom. The summed E-state index contributed by atoms with van der Waals surface area (Å²) in [7, 11) is 3.35.